The molecule has 22 heavy (non-hydrogen) atoms. The molecule has 8 nitrogen and oxygen atoms in total. The molecule has 0 aliphatic rings. The molecule has 0 fully saturated rings. The van der Waals surface area contributed by atoms with Gasteiger partial charge < -0.3 is 9.67 Å². The number of aryl methyl sites for hydroxylation is 1. The molecule has 0 spiro atoms. The van der Waals surface area contributed by atoms with Crippen LogP contribution in [0.2, 0.25) is 0 Å². The molecular weight excluding hydrogens is 286 g/mol. The van der Waals surface area contributed by atoms with Crippen LogP contribution in [0.3, 0.4) is 0 Å². The quantitative estimate of drug-likeness (QED) is 0.768. The van der Waals surface area contributed by atoms with E-state index in [1.54, 1.807) is 19.2 Å². The number of rotatable bonds is 3. The molecular formula is C14H13N5O3. The molecule has 1 unspecified atom stereocenters. The Bertz CT molecular complexity index is 928. The van der Waals surface area contributed by atoms with Gasteiger partial charge in [-0.3, -0.25) is 4.79 Å². The summed E-state index contributed by atoms with van der Waals surface area (Å²) in [5.41, 5.74) is 1.18. The minimum atomic E-state index is -1.13. The van der Waals surface area contributed by atoms with Crippen molar-refractivity contribution in [1.29, 1.82) is 0 Å². The molecule has 0 saturated heterocycles. The Kier molecular flexibility index (Phi) is 3.21. The van der Waals surface area contributed by atoms with Crippen LogP contribution < -0.4 is 5.56 Å². The van der Waals surface area contributed by atoms with Crippen LogP contribution in [0.5, 0.6) is 0 Å². The monoisotopic (exact) mass is 299 g/mol. The lowest BCUT2D eigenvalue weighted by molar-refractivity contribution is 0.0690. The summed E-state index contributed by atoms with van der Waals surface area (Å²) in [5, 5.41) is 16.8. The van der Waals surface area contributed by atoms with Crippen molar-refractivity contribution in [1.82, 2.24) is 24.5 Å². The van der Waals surface area contributed by atoms with E-state index in [0.717, 1.165) is 5.56 Å². The second-order valence-electron chi connectivity index (χ2n) is 5.00. The average molecular weight is 299 g/mol. The summed E-state index contributed by atoms with van der Waals surface area (Å²) in [7, 11) is 1.64. The third-order valence-corrected chi connectivity index (χ3v) is 3.55. The van der Waals surface area contributed by atoms with Crippen LogP contribution in [0.1, 0.15) is 29.0 Å². The van der Waals surface area contributed by atoms with Gasteiger partial charge in [-0.25, -0.2) is 14.5 Å². The fourth-order valence-electron chi connectivity index (χ4n) is 2.21. The normalized spacial score (nSPS) is 12.5. The number of carboxylic acids is 1. The molecule has 0 amide bonds. The maximum atomic E-state index is 12.1. The van der Waals surface area contributed by atoms with E-state index in [9.17, 15) is 9.59 Å². The van der Waals surface area contributed by atoms with Crippen molar-refractivity contribution in [3.05, 3.63) is 52.3 Å². The molecule has 1 N–H and O–H groups in total. The Morgan fingerprint density at radius 1 is 1.36 bits per heavy atom. The van der Waals surface area contributed by atoms with Gasteiger partial charge in [0.05, 0.1) is 29.5 Å². The minimum Gasteiger partial charge on any atom is -0.476 e. The van der Waals surface area contributed by atoms with E-state index in [1.165, 1.54) is 21.8 Å². The Balaban J connectivity index is 2.07. The third kappa shape index (κ3) is 2.24. The largest absolute Gasteiger partial charge is 0.476 e. The molecule has 0 aliphatic heterocycles. The molecule has 1 atom stereocenters. The second kappa shape index (κ2) is 5.06. The first-order valence-corrected chi connectivity index (χ1v) is 6.58. The molecule has 1 aromatic carbocycles. The zero-order valence-electron chi connectivity index (χ0n) is 12.0. The van der Waals surface area contributed by atoms with Gasteiger partial charge in [0.1, 0.15) is 0 Å². The standard InChI is InChI=1S/C14H13N5O3/c1-8(19-6-12(14(21)22)16-17-19)9-3-4-11-10(5-9)13(20)18(2)7-15-11/h3-8H,1-2H3,(H,21,22). The molecule has 2 aromatic heterocycles. The van der Waals surface area contributed by atoms with Gasteiger partial charge in [-0.2, -0.15) is 0 Å². The number of hydrogen-bond donors (Lipinski definition) is 1. The molecule has 0 bridgehead atoms. The van der Waals surface area contributed by atoms with Crippen molar-refractivity contribution in [2.75, 3.05) is 0 Å². The molecule has 8 heteroatoms. The maximum Gasteiger partial charge on any atom is 0.358 e. The van der Waals surface area contributed by atoms with Gasteiger partial charge in [-0.05, 0) is 24.6 Å². The van der Waals surface area contributed by atoms with Gasteiger partial charge in [0.2, 0.25) is 0 Å². The van der Waals surface area contributed by atoms with Crippen LogP contribution >= 0.6 is 0 Å². The summed E-state index contributed by atoms with van der Waals surface area (Å²) >= 11 is 0. The van der Waals surface area contributed by atoms with Crippen LogP contribution in [0.15, 0.2) is 35.5 Å². The molecule has 3 rings (SSSR count). The Labute approximate surface area is 124 Å². The summed E-state index contributed by atoms with van der Waals surface area (Å²) in [4.78, 5) is 27.2. The summed E-state index contributed by atoms with van der Waals surface area (Å²) in [6.45, 7) is 1.85. The summed E-state index contributed by atoms with van der Waals surface area (Å²) in [6, 6.07) is 5.09. The van der Waals surface area contributed by atoms with E-state index in [-0.39, 0.29) is 17.3 Å². The number of carboxylic acid groups (broad SMARTS) is 1. The van der Waals surface area contributed by atoms with Crippen LogP contribution in [0, 0.1) is 0 Å². The molecule has 0 radical (unpaired) electrons. The first-order chi connectivity index (χ1) is 10.5. The number of hydrogen-bond acceptors (Lipinski definition) is 5. The van der Waals surface area contributed by atoms with Crippen LogP contribution in [0.4, 0.5) is 0 Å². The van der Waals surface area contributed by atoms with Gasteiger partial charge in [-0.1, -0.05) is 11.3 Å². The predicted octanol–water partition coefficient (Wildman–Crippen LogP) is 0.832. The fraction of sp³-hybridized carbons (Fsp3) is 0.214. The van der Waals surface area contributed by atoms with Gasteiger partial charge in [0.15, 0.2) is 5.69 Å². The number of fused-ring (bicyclic) bond motifs is 1. The molecule has 2 heterocycles. The van der Waals surface area contributed by atoms with Crippen LogP contribution in [-0.4, -0.2) is 35.6 Å². The van der Waals surface area contributed by atoms with E-state index in [0.29, 0.717) is 10.9 Å². The van der Waals surface area contributed by atoms with Crippen LogP contribution in [0.25, 0.3) is 10.9 Å². The van der Waals surface area contributed by atoms with Gasteiger partial charge in [0.25, 0.3) is 5.56 Å². The SMILES string of the molecule is CC(c1ccc2ncn(C)c(=O)c2c1)n1cc(C(=O)O)nn1. The van der Waals surface area contributed by atoms with Crippen molar-refractivity contribution in [3.8, 4) is 0 Å². The molecule has 112 valence electrons. The predicted molar refractivity (Wildman–Crippen MR) is 77.8 cm³/mol. The highest BCUT2D eigenvalue weighted by Gasteiger charge is 2.15. The third-order valence-electron chi connectivity index (χ3n) is 3.55. The number of aromatic carboxylic acids is 1. The van der Waals surface area contributed by atoms with E-state index < -0.39 is 5.97 Å². The molecule has 3 aromatic rings. The van der Waals surface area contributed by atoms with Crippen molar-refractivity contribution in [3.63, 3.8) is 0 Å². The van der Waals surface area contributed by atoms with E-state index >= 15 is 0 Å². The lowest BCUT2D eigenvalue weighted by atomic mass is 10.1. The Morgan fingerprint density at radius 2 is 2.14 bits per heavy atom. The lowest BCUT2D eigenvalue weighted by Crippen LogP contribution is -2.17. The summed E-state index contributed by atoms with van der Waals surface area (Å²) in [5.74, 6) is -1.13. The lowest BCUT2D eigenvalue weighted by Gasteiger charge is -2.12. The van der Waals surface area contributed by atoms with Gasteiger partial charge in [0, 0.05) is 7.05 Å². The Hall–Kier alpha value is -3.03. The summed E-state index contributed by atoms with van der Waals surface area (Å²) < 4.78 is 2.86. The van der Waals surface area contributed by atoms with E-state index in [1.807, 2.05) is 13.0 Å². The molecule has 0 aliphatic carbocycles. The maximum absolute atomic E-state index is 12.1. The number of benzene rings is 1. The first-order valence-electron chi connectivity index (χ1n) is 6.58. The number of carbonyl (C=O) groups is 1. The minimum absolute atomic E-state index is 0.120. The van der Waals surface area contributed by atoms with Gasteiger partial charge >= 0.3 is 5.97 Å². The second-order valence-corrected chi connectivity index (χ2v) is 5.00. The zero-order valence-corrected chi connectivity index (χ0v) is 12.0. The first kappa shape index (κ1) is 13.9. The number of nitrogens with zero attached hydrogens (tertiary/aromatic N) is 5. The highest BCUT2D eigenvalue weighted by atomic mass is 16.4. The smallest absolute Gasteiger partial charge is 0.358 e. The van der Waals surface area contributed by atoms with Gasteiger partial charge in [-0.15, -0.1) is 5.10 Å². The average Bonchev–Trinajstić information content (AvgIpc) is 3.00. The topological polar surface area (TPSA) is 103 Å². The van der Waals surface area contributed by atoms with Crippen molar-refractivity contribution >= 4 is 16.9 Å². The van der Waals surface area contributed by atoms with E-state index in [2.05, 4.69) is 15.3 Å². The fourth-order valence-corrected chi connectivity index (χ4v) is 2.21. The highest BCUT2D eigenvalue weighted by Crippen LogP contribution is 2.20. The van der Waals surface area contributed by atoms with Crippen molar-refractivity contribution in [2.24, 2.45) is 7.05 Å². The zero-order chi connectivity index (χ0) is 15.9. The molecule has 0 saturated carbocycles. The van der Waals surface area contributed by atoms with Crippen LogP contribution in [-0.2, 0) is 7.05 Å². The number of aromatic nitrogens is 5. The van der Waals surface area contributed by atoms with E-state index in [4.69, 9.17) is 5.11 Å². The van der Waals surface area contributed by atoms with Crippen molar-refractivity contribution in [2.45, 2.75) is 13.0 Å². The van der Waals surface area contributed by atoms with Crippen molar-refractivity contribution < 1.29 is 9.90 Å². The highest BCUT2D eigenvalue weighted by molar-refractivity contribution is 5.84. The summed E-state index contributed by atoms with van der Waals surface area (Å²) in [6.07, 6.45) is 2.84. The Morgan fingerprint density at radius 3 is 2.82 bits per heavy atom.